The average Bonchev–Trinajstić information content (AvgIpc) is 3.13. The number of aryl methyl sites for hydroxylation is 1. The van der Waals surface area contributed by atoms with Crippen LogP contribution in [-0.4, -0.2) is 38.0 Å². The predicted octanol–water partition coefficient (Wildman–Crippen LogP) is 2.26. The average molecular weight is 303 g/mol. The lowest BCUT2D eigenvalue weighted by Gasteiger charge is -2.26. The van der Waals surface area contributed by atoms with Crippen LogP contribution in [0, 0.1) is 6.92 Å². The second-order valence-corrected chi connectivity index (χ2v) is 6.39. The van der Waals surface area contributed by atoms with Crippen molar-refractivity contribution in [3.8, 4) is 22.8 Å². The van der Waals surface area contributed by atoms with Crippen LogP contribution in [-0.2, 0) is 0 Å². The minimum absolute atomic E-state index is 0.306. The van der Waals surface area contributed by atoms with Gasteiger partial charge >= 0.3 is 0 Å². The molecular formula is C15H17N3O2S. The highest BCUT2D eigenvalue weighted by atomic mass is 32.1. The zero-order valence-electron chi connectivity index (χ0n) is 11.9. The van der Waals surface area contributed by atoms with E-state index in [1.54, 1.807) is 11.3 Å². The highest BCUT2D eigenvalue weighted by Crippen LogP contribution is 2.38. The number of aromatic nitrogens is 1. The molecule has 0 atom stereocenters. The Bertz CT molecular complexity index is 665. The van der Waals surface area contributed by atoms with E-state index in [4.69, 9.17) is 14.5 Å². The van der Waals surface area contributed by atoms with E-state index in [9.17, 15) is 0 Å². The lowest BCUT2D eigenvalue weighted by Crippen LogP contribution is -2.43. The second kappa shape index (κ2) is 5.20. The standard InChI is InChI=1S/C15H17N3O2S/c1-10-14(11-2-3-12-13(8-11)20-9-19-12)17-15(21-10)18-6-4-16-5-7-18/h2-3,8,16H,4-7,9H2,1H3. The Balaban J connectivity index is 1.67. The molecule has 1 fully saturated rings. The van der Waals surface area contributed by atoms with Crippen LogP contribution < -0.4 is 19.7 Å². The summed E-state index contributed by atoms with van der Waals surface area (Å²) in [7, 11) is 0. The van der Waals surface area contributed by atoms with Crippen LogP contribution in [0.25, 0.3) is 11.3 Å². The Labute approximate surface area is 127 Å². The van der Waals surface area contributed by atoms with Gasteiger partial charge in [0, 0.05) is 36.6 Å². The van der Waals surface area contributed by atoms with E-state index in [0.717, 1.165) is 54.1 Å². The van der Waals surface area contributed by atoms with Crippen LogP contribution in [0.5, 0.6) is 11.5 Å². The van der Waals surface area contributed by atoms with Crippen molar-refractivity contribution in [1.29, 1.82) is 0 Å². The molecule has 2 aromatic rings. The Morgan fingerprint density at radius 3 is 2.86 bits per heavy atom. The summed E-state index contributed by atoms with van der Waals surface area (Å²) in [5.41, 5.74) is 2.14. The number of hydrogen-bond acceptors (Lipinski definition) is 6. The molecule has 0 aliphatic carbocycles. The molecule has 21 heavy (non-hydrogen) atoms. The van der Waals surface area contributed by atoms with Gasteiger partial charge < -0.3 is 19.7 Å². The van der Waals surface area contributed by atoms with Gasteiger partial charge in [-0.25, -0.2) is 4.98 Å². The van der Waals surface area contributed by atoms with Crippen molar-refractivity contribution in [3.05, 3.63) is 23.1 Å². The Kier molecular flexibility index (Phi) is 3.20. The first-order valence-corrected chi connectivity index (χ1v) is 7.96. The fraction of sp³-hybridized carbons (Fsp3) is 0.400. The van der Waals surface area contributed by atoms with Crippen LogP contribution in [0.3, 0.4) is 0 Å². The molecule has 1 aromatic carbocycles. The molecule has 5 nitrogen and oxygen atoms in total. The normalized spacial score (nSPS) is 17.3. The van der Waals surface area contributed by atoms with Gasteiger partial charge in [-0.15, -0.1) is 11.3 Å². The summed E-state index contributed by atoms with van der Waals surface area (Å²) >= 11 is 1.76. The largest absolute Gasteiger partial charge is 0.454 e. The van der Waals surface area contributed by atoms with Crippen LogP contribution in [0.15, 0.2) is 18.2 Å². The highest BCUT2D eigenvalue weighted by Gasteiger charge is 2.19. The fourth-order valence-corrected chi connectivity index (χ4v) is 3.67. The smallest absolute Gasteiger partial charge is 0.231 e. The van der Waals surface area contributed by atoms with Gasteiger partial charge in [-0.2, -0.15) is 0 Å². The Hall–Kier alpha value is -1.79. The summed E-state index contributed by atoms with van der Waals surface area (Å²) < 4.78 is 10.8. The minimum Gasteiger partial charge on any atom is -0.454 e. The molecule has 0 saturated carbocycles. The maximum atomic E-state index is 5.46. The van der Waals surface area contributed by atoms with Crippen LogP contribution in [0.2, 0.25) is 0 Å². The van der Waals surface area contributed by atoms with Gasteiger partial charge in [-0.3, -0.25) is 0 Å². The van der Waals surface area contributed by atoms with Gasteiger partial charge in [0.15, 0.2) is 16.6 Å². The van der Waals surface area contributed by atoms with E-state index in [2.05, 4.69) is 23.2 Å². The van der Waals surface area contributed by atoms with Crippen molar-refractivity contribution in [2.75, 3.05) is 37.9 Å². The van der Waals surface area contributed by atoms with E-state index >= 15 is 0 Å². The molecule has 1 aromatic heterocycles. The summed E-state index contributed by atoms with van der Waals surface area (Å²) in [5, 5.41) is 4.48. The van der Waals surface area contributed by atoms with E-state index in [1.807, 2.05) is 12.1 Å². The van der Waals surface area contributed by atoms with Crippen molar-refractivity contribution < 1.29 is 9.47 Å². The maximum Gasteiger partial charge on any atom is 0.231 e. The first-order valence-electron chi connectivity index (χ1n) is 7.14. The van der Waals surface area contributed by atoms with E-state index < -0.39 is 0 Å². The first-order chi connectivity index (χ1) is 10.3. The Morgan fingerprint density at radius 2 is 2.00 bits per heavy atom. The fourth-order valence-electron chi connectivity index (χ4n) is 2.69. The van der Waals surface area contributed by atoms with Crippen LogP contribution >= 0.6 is 11.3 Å². The van der Waals surface area contributed by atoms with Crippen molar-refractivity contribution in [2.45, 2.75) is 6.92 Å². The minimum atomic E-state index is 0.306. The molecule has 6 heteroatoms. The zero-order valence-corrected chi connectivity index (χ0v) is 12.7. The molecule has 2 aliphatic heterocycles. The number of nitrogens with zero attached hydrogens (tertiary/aromatic N) is 2. The molecule has 3 heterocycles. The van der Waals surface area contributed by atoms with E-state index in [0.29, 0.717) is 6.79 Å². The lowest BCUT2D eigenvalue weighted by atomic mass is 10.1. The van der Waals surface area contributed by atoms with Crippen molar-refractivity contribution in [2.24, 2.45) is 0 Å². The van der Waals surface area contributed by atoms with E-state index in [-0.39, 0.29) is 0 Å². The molecule has 1 saturated heterocycles. The molecular weight excluding hydrogens is 286 g/mol. The summed E-state index contributed by atoms with van der Waals surface area (Å²) in [5.74, 6) is 1.62. The summed E-state index contributed by atoms with van der Waals surface area (Å²) in [6, 6.07) is 6.03. The number of thiazole rings is 1. The third-order valence-corrected chi connectivity index (χ3v) is 4.85. The van der Waals surface area contributed by atoms with Crippen molar-refractivity contribution in [1.82, 2.24) is 10.3 Å². The number of fused-ring (bicyclic) bond motifs is 1. The molecule has 4 rings (SSSR count). The highest BCUT2D eigenvalue weighted by molar-refractivity contribution is 7.16. The zero-order chi connectivity index (χ0) is 14.2. The van der Waals surface area contributed by atoms with Gasteiger partial charge in [0.05, 0.1) is 5.69 Å². The molecule has 0 unspecified atom stereocenters. The molecule has 2 aliphatic rings. The van der Waals surface area contributed by atoms with Crippen LogP contribution in [0.4, 0.5) is 5.13 Å². The third-order valence-electron chi connectivity index (χ3n) is 3.82. The second-order valence-electron chi connectivity index (χ2n) is 5.21. The summed E-state index contributed by atoms with van der Waals surface area (Å²) in [6.07, 6.45) is 0. The Morgan fingerprint density at radius 1 is 1.19 bits per heavy atom. The van der Waals surface area contributed by atoms with Crippen molar-refractivity contribution >= 4 is 16.5 Å². The number of ether oxygens (including phenoxy) is 2. The molecule has 0 radical (unpaired) electrons. The lowest BCUT2D eigenvalue weighted by molar-refractivity contribution is 0.174. The number of nitrogens with one attached hydrogen (secondary N) is 1. The maximum absolute atomic E-state index is 5.46. The summed E-state index contributed by atoms with van der Waals surface area (Å²) in [4.78, 5) is 8.44. The van der Waals surface area contributed by atoms with Gasteiger partial charge in [-0.1, -0.05) is 0 Å². The number of anilines is 1. The molecule has 1 N–H and O–H groups in total. The SMILES string of the molecule is Cc1sc(N2CCNCC2)nc1-c1ccc2c(c1)OCO2. The topological polar surface area (TPSA) is 46.6 Å². The molecule has 0 spiro atoms. The molecule has 110 valence electrons. The monoisotopic (exact) mass is 303 g/mol. The number of hydrogen-bond donors (Lipinski definition) is 1. The number of piperazine rings is 1. The van der Waals surface area contributed by atoms with E-state index in [1.165, 1.54) is 4.88 Å². The van der Waals surface area contributed by atoms with Crippen molar-refractivity contribution in [3.63, 3.8) is 0 Å². The van der Waals surface area contributed by atoms with Gasteiger partial charge in [0.25, 0.3) is 0 Å². The summed E-state index contributed by atoms with van der Waals surface area (Å²) in [6.45, 7) is 6.53. The number of rotatable bonds is 2. The van der Waals surface area contributed by atoms with Gasteiger partial charge in [0.2, 0.25) is 6.79 Å². The van der Waals surface area contributed by atoms with Crippen LogP contribution in [0.1, 0.15) is 4.88 Å². The molecule has 0 amide bonds. The number of benzene rings is 1. The van der Waals surface area contributed by atoms with Gasteiger partial charge in [-0.05, 0) is 25.1 Å². The molecule has 0 bridgehead atoms. The third kappa shape index (κ3) is 2.34. The van der Waals surface area contributed by atoms with Gasteiger partial charge in [0.1, 0.15) is 0 Å². The predicted molar refractivity (Wildman–Crippen MR) is 83.5 cm³/mol. The quantitative estimate of drug-likeness (QED) is 0.922. The first kappa shape index (κ1) is 12.9.